The summed E-state index contributed by atoms with van der Waals surface area (Å²) in [6.45, 7) is 0.946. The Bertz CT molecular complexity index is 490. The molecule has 0 aromatic carbocycles. The lowest BCUT2D eigenvalue weighted by Crippen LogP contribution is -2.72. The fourth-order valence-electron chi connectivity index (χ4n) is 5.74. The van der Waals surface area contributed by atoms with Crippen molar-refractivity contribution >= 4 is 5.96 Å². The number of rotatable bonds is 2. The lowest BCUT2D eigenvalue weighted by atomic mass is 9.46. The van der Waals surface area contributed by atoms with E-state index >= 15 is 0 Å². The number of ether oxygens (including phenoxy) is 2. The van der Waals surface area contributed by atoms with Gasteiger partial charge in [0.25, 0.3) is 0 Å². The van der Waals surface area contributed by atoms with Crippen LogP contribution in [0.25, 0.3) is 0 Å². The maximum atomic E-state index is 6.01. The number of guanidine groups is 1. The first-order valence-electron chi connectivity index (χ1n) is 9.07. The molecule has 3 heterocycles. The topological polar surface area (TPSA) is 54.9 Å². The zero-order valence-electron chi connectivity index (χ0n) is 13.4. The van der Waals surface area contributed by atoms with E-state index in [0.29, 0.717) is 41.7 Å². The fraction of sp³-hybridized carbons (Fsp3) is 0.941. The Balaban J connectivity index is 1.26. The molecular formula is C17H27N3O2. The van der Waals surface area contributed by atoms with Crippen molar-refractivity contribution in [2.75, 3.05) is 13.7 Å². The third-order valence-electron chi connectivity index (χ3n) is 6.98. The van der Waals surface area contributed by atoms with Gasteiger partial charge in [-0.25, -0.2) is 0 Å². The van der Waals surface area contributed by atoms with Gasteiger partial charge in [-0.1, -0.05) is 6.42 Å². The zero-order chi connectivity index (χ0) is 14.7. The van der Waals surface area contributed by atoms with Crippen LogP contribution in [-0.4, -0.2) is 50.0 Å². The van der Waals surface area contributed by atoms with Crippen LogP contribution in [0.2, 0.25) is 0 Å². The summed E-state index contributed by atoms with van der Waals surface area (Å²) in [4.78, 5) is 4.49. The first-order chi connectivity index (χ1) is 10.8. The van der Waals surface area contributed by atoms with Crippen LogP contribution >= 0.6 is 0 Å². The van der Waals surface area contributed by atoms with Gasteiger partial charge >= 0.3 is 0 Å². The third-order valence-corrected chi connectivity index (χ3v) is 6.98. The van der Waals surface area contributed by atoms with Gasteiger partial charge in [-0.05, 0) is 38.5 Å². The molecule has 2 bridgehead atoms. The molecule has 0 radical (unpaired) electrons. The van der Waals surface area contributed by atoms with E-state index in [1.807, 2.05) is 7.05 Å². The van der Waals surface area contributed by atoms with Gasteiger partial charge in [-0.15, -0.1) is 0 Å². The highest BCUT2D eigenvalue weighted by Gasteiger charge is 2.66. The summed E-state index contributed by atoms with van der Waals surface area (Å²) >= 11 is 0. The Kier molecular flexibility index (Phi) is 3.00. The number of fused-ring (bicyclic) bond motifs is 4. The molecule has 2 N–H and O–H groups in total. The first-order valence-corrected chi connectivity index (χ1v) is 9.07. The van der Waals surface area contributed by atoms with E-state index < -0.39 is 0 Å². The molecule has 0 aromatic rings. The monoisotopic (exact) mass is 305 g/mol. The molecule has 3 saturated heterocycles. The maximum Gasteiger partial charge on any atom is 0.191 e. The van der Waals surface area contributed by atoms with Crippen molar-refractivity contribution in [1.82, 2.24) is 10.6 Å². The lowest BCUT2D eigenvalue weighted by molar-refractivity contribution is -0.171. The maximum absolute atomic E-state index is 6.01. The number of hydrogen-bond donors (Lipinski definition) is 2. The predicted molar refractivity (Wildman–Crippen MR) is 83.8 cm³/mol. The van der Waals surface area contributed by atoms with E-state index in [-0.39, 0.29) is 0 Å². The summed E-state index contributed by atoms with van der Waals surface area (Å²) in [5, 5.41) is 7.39. The molecule has 3 aliphatic heterocycles. The molecular weight excluding hydrogens is 278 g/mol. The Morgan fingerprint density at radius 2 is 2.09 bits per heavy atom. The van der Waals surface area contributed by atoms with Gasteiger partial charge in [0, 0.05) is 31.0 Å². The molecule has 5 aliphatic rings. The summed E-state index contributed by atoms with van der Waals surface area (Å²) in [6, 6.07) is 0.998. The van der Waals surface area contributed by atoms with Gasteiger partial charge < -0.3 is 20.1 Å². The SMILES string of the molecule is CN=C(NC1CC2CCC1O2)NC1C2CCOC2C12CCC2. The van der Waals surface area contributed by atoms with Gasteiger partial charge in [-0.3, -0.25) is 4.99 Å². The van der Waals surface area contributed by atoms with Crippen LogP contribution in [0.15, 0.2) is 4.99 Å². The summed E-state index contributed by atoms with van der Waals surface area (Å²) in [6.07, 6.45) is 10.2. The highest BCUT2D eigenvalue weighted by atomic mass is 16.5. The highest BCUT2D eigenvalue weighted by Crippen LogP contribution is 2.62. The number of hydrogen-bond acceptors (Lipinski definition) is 3. The van der Waals surface area contributed by atoms with Gasteiger partial charge in [0.2, 0.25) is 0 Å². The minimum Gasteiger partial charge on any atom is -0.377 e. The molecule has 6 atom stereocenters. The molecule has 5 nitrogen and oxygen atoms in total. The van der Waals surface area contributed by atoms with Crippen LogP contribution in [0.1, 0.15) is 44.9 Å². The summed E-state index contributed by atoms with van der Waals surface area (Å²) in [7, 11) is 1.89. The molecule has 6 unspecified atom stereocenters. The molecule has 5 fully saturated rings. The van der Waals surface area contributed by atoms with E-state index in [0.717, 1.165) is 19.0 Å². The van der Waals surface area contributed by atoms with E-state index in [9.17, 15) is 0 Å². The zero-order valence-corrected chi connectivity index (χ0v) is 13.4. The molecule has 22 heavy (non-hydrogen) atoms. The fourth-order valence-corrected chi connectivity index (χ4v) is 5.74. The van der Waals surface area contributed by atoms with Crippen molar-refractivity contribution in [2.24, 2.45) is 16.3 Å². The normalized spacial score (nSPS) is 48.0. The summed E-state index contributed by atoms with van der Waals surface area (Å²) in [5.41, 5.74) is 0.407. The molecule has 2 saturated carbocycles. The third kappa shape index (κ3) is 1.75. The number of nitrogens with one attached hydrogen (secondary N) is 2. The average molecular weight is 305 g/mol. The van der Waals surface area contributed by atoms with E-state index in [1.165, 1.54) is 38.5 Å². The molecule has 2 aliphatic carbocycles. The smallest absolute Gasteiger partial charge is 0.191 e. The van der Waals surface area contributed by atoms with E-state index in [1.54, 1.807) is 0 Å². The van der Waals surface area contributed by atoms with Crippen molar-refractivity contribution in [2.45, 2.75) is 75.3 Å². The number of aliphatic imine (C=N–C) groups is 1. The van der Waals surface area contributed by atoms with Crippen molar-refractivity contribution in [3.05, 3.63) is 0 Å². The van der Waals surface area contributed by atoms with Crippen molar-refractivity contribution in [3.8, 4) is 0 Å². The van der Waals surface area contributed by atoms with Crippen molar-refractivity contribution in [1.29, 1.82) is 0 Å². The van der Waals surface area contributed by atoms with Crippen molar-refractivity contribution in [3.63, 3.8) is 0 Å². The minimum atomic E-state index is 0.394. The standard InChI is InChI=1S/C17H27N3O2/c1-18-16(19-12-9-10-3-4-13(12)22-10)20-14-11-5-8-21-15(11)17(14)6-2-7-17/h10-15H,2-9H2,1H3,(H2,18,19,20). The first kappa shape index (κ1) is 13.6. The second-order valence-electron chi connectivity index (χ2n) is 7.89. The predicted octanol–water partition coefficient (Wildman–Crippen LogP) is 1.43. The Labute approximate surface area is 132 Å². The molecule has 122 valence electrons. The Hall–Kier alpha value is -0.810. The highest BCUT2D eigenvalue weighted by molar-refractivity contribution is 5.80. The quantitative estimate of drug-likeness (QED) is 0.598. The summed E-state index contributed by atoms with van der Waals surface area (Å²) < 4.78 is 12.0. The number of nitrogens with zero attached hydrogens (tertiary/aromatic N) is 1. The van der Waals surface area contributed by atoms with E-state index in [4.69, 9.17) is 9.47 Å². The van der Waals surface area contributed by atoms with Gasteiger partial charge in [-0.2, -0.15) is 0 Å². The van der Waals surface area contributed by atoms with Crippen LogP contribution in [-0.2, 0) is 9.47 Å². The van der Waals surface area contributed by atoms with Crippen LogP contribution in [0, 0.1) is 11.3 Å². The Morgan fingerprint density at radius 1 is 1.18 bits per heavy atom. The molecule has 1 spiro atoms. The van der Waals surface area contributed by atoms with Crippen LogP contribution in [0.4, 0.5) is 0 Å². The van der Waals surface area contributed by atoms with Crippen LogP contribution < -0.4 is 10.6 Å². The van der Waals surface area contributed by atoms with Gasteiger partial charge in [0.1, 0.15) is 0 Å². The van der Waals surface area contributed by atoms with Crippen LogP contribution in [0.3, 0.4) is 0 Å². The molecule has 5 rings (SSSR count). The largest absolute Gasteiger partial charge is 0.377 e. The second kappa shape index (κ2) is 4.84. The lowest BCUT2D eigenvalue weighted by Gasteiger charge is -2.63. The Morgan fingerprint density at radius 3 is 2.73 bits per heavy atom. The minimum absolute atomic E-state index is 0.394. The van der Waals surface area contributed by atoms with Crippen LogP contribution in [0.5, 0.6) is 0 Å². The van der Waals surface area contributed by atoms with Crippen molar-refractivity contribution < 1.29 is 9.47 Å². The molecule has 0 aromatic heterocycles. The second-order valence-corrected chi connectivity index (χ2v) is 7.89. The van der Waals surface area contributed by atoms with Gasteiger partial charge in [0.15, 0.2) is 5.96 Å². The van der Waals surface area contributed by atoms with Gasteiger partial charge in [0.05, 0.1) is 24.4 Å². The average Bonchev–Trinajstić information content (AvgIpc) is 3.17. The summed E-state index contributed by atoms with van der Waals surface area (Å²) in [5.74, 6) is 1.66. The molecule has 5 heteroatoms. The van der Waals surface area contributed by atoms with E-state index in [2.05, 4.69) is 15.6 Å². The molecule has 0 amide bonds.